The third-order valence-corrected chi connectivity index (χ3v) is 4.28. The van der Waals surface area contributed by atoms with Crippen LogP contribution in [0.4, 0.5) is 0 Å². The number of halogens is 2. The molecule has 0 fully saturated rings. The van der Waals surface area contributed by atoms with Crippen molar-refractivity contribution < 1.29 is 14.6 Å². The lowest BCUT2D eigenvalue weighted by atomic mass is 9.91. The standard InChI is InChI=1S/C17H12Cl2O3/c1-17(10-5-3-2-4-6-10)15(20)14(16(21)22-17)12-9-11(18)7-8-13(12)19/h2-9,20H,1H3. The number of carbonyl (C=O) groups excluding carboxylic acids is 1. The van der Waals surface area contributed by atoms with Crippen molar-refractivity contribution >= 4 is 34.7 Å². The fraction of sp³-hybridized carbons (Fsp3) is 0.118. The number of benzene rings is 2. The lowest BCUT2D eigenvalue weighted by molar-refractivity contribution is -0.146. The molecule has 0 aromatic heterocycles. The van der Waals surface area contributed by atoms with Crippen LogP contribution in [0.1, 0.15) is 18.1 Å². The minimum absolute atomic E-state index is 0.0406. The molecule has 1 N–H and O–H groups in total. The van der Waals surface area contributed by atoms with Crippen molar-refractivity contribution in [2.75, 3.05) is 0 Å². The van der Waals surface area contributed by atoms with E-state index in [4.69, 9.17) is 27.9 Å². The van der Waals surface area contributed by atoms with Crippen LogP contribution in [0.3, 0.4) is 0 Å². The lowest BCUT2D eigenvalue weighted by Gasteiger charge is -2.23. The van der Waals surface area contributed by atoms with E-state index in [1.807, 2.05) is 18.2 Å². The number of cyclic esters (lactones) is 1. The van der Waals surface area contributed by atoms with E-state index in [2.05, 4.69) is 0 Å². The predicted molar refractivity (Wildman–Crippen MR) is 85.9 cm³/mol. The fourth-order valence-corrected chi connectivity index (χ4v) is 2.88. The number of hydrogen-bond donors (Lipinski definition) is 1. The molecule has 3 rings (SSSR count). The molecule has 0 saturated carbocycles. The molecule has 0 amide bonds. The minimum Gasteiger partial charge on any atom is -0.507 e. The number of carbonyl (C=O) groups is 1. The minimum atomic E-state index is -1.24. The van der Waals surface area contributed by atoms with Gasteiger partial charge in [-0.15, -0.1) is 0 Å². The summed E-state index contributed by atoms with van der Waals surface area (Å²) in [5.41, 5.74) is -0.163. The first-order valence-corrected chi connectivity index (χ1v) is 7.37. The second-order valence-electron chi connectivity index (χ2n) is 5.14. The Bertz CT molecular complexity index is 784. The summed E-state index contributed by atoms with van der Waals surface area (Å²) in [4.78, 5) is 12.3. The molecule has 5 heteroatoms. The van der Waals surface area contributed by atoms with Crippen LogP contribution < -0.4 is 0 Å². The van der Waals surface area contributed by atoms with Crippen molar-refractivity contribution in [3.8, 4) is 0 Å². The maximum Gasteiger partial charge on any atom is 0.343 e. The summed E-state index contributed by atoms with van der Waals surface area (Å²) in [7, 11) is 0. The van der Waals surface area contributed by atoms with Gasteiger partial charge in [0.2, 0.25) is 0 Å². The molecular weight excluding hydrogens is 323 g/mol. The summed E-state index contributed by atoms with van der Waals surface area (Å²) in [5.74, 6) is -0.805. The third-order valence-electron chi connectivity index (χ3n) is 3.71. The van der Waals surface area contributed by atoms with Crippen LogP contribution in [0.2, 0.25) is 10.0 Å². The van der Waals surface area contributed by atoms with E-state index in [0.29, 0.717) is 21.2 Å². The molecular formula is C17H12Cl2O3. The highest BCUT2D eigenvalue weighted by molar-refractivity contribution is 6.36. The molecule has 22 heavy (non-hydrogen) atoms. The summed E-state index contributed by atoms with van der Waals surface area (Å²) >= 11 is 12.1. The molecule has 1 aliphatic heterocycles. The average Bonchev–Trinajstić information content (AvgIpc) is 2.74. The van der Waals surface area contributed by atoms with Gasteiger partial charge in [0.25, 0.3) is 0 Å². The van der Waals surface area contributed by atoms with Gasteiger partial charge in [-0.1, -0.05) is 53.5 Å². The van der Waals surface area contributed by atoms with Crippen molar-refractivity contribution in [1.82, 2.24) is 0 Å². The highest BCUT2D eigenvalue weighted by atomic mass is 35.5. The quantitative estimate of drug-likeness (QED) is 0.807. The number of esters is 1. The first kappa shape index (κ1) is 14.9. The summed E-state index contributed by atoms with van der Waals surface area (Å²) < 4.78 is 5.44. The average molecular weight is 335 g/mol. The van der Waals surface area contributed by atoms with Crippen molar-refractivity contribution in [3.05, 3.63) is 75.5 Å². The Kier molecular flexibility index (Phi) is 3.63. The van der Waals surface area contributed by atoms with Crippen molar-refractivity contribution in [3.63, 3.8) is 0 Å². The van der Waals surface area contributed by atoms with Gasteiger partial charge in [-0.2, -0.15) is 0 Å². The topological polar surface area (TPSA) is 46.5 Å². The van der Waals surface area contributed by atoms with Crippen molar-refractivity contribution in [2.45, 2.75) is 12.5 Å². The van der Waals surface area contributed by atoms with Gasteiger partial charge in [0.1, 0.15) is 5.57 Å². The maximum atomic E-state index is 12.3. The maximum absolute atomic E-state index is 12.3. The molecule has 1 atom stereocenters. The fourth-order valence-electron chi connectivity index (χ4n) is 2.50. The van der Waals surface area contributed by atoms with Crippen LogP contribution in [-0.2, 0) is 15.1 Å². The van der Waals surface area contributed by atoms with Crippen molar-refractivity contribution in [2.24, 2.45) is 0 Å². The largest absolute Gasteiger partial charge is 0.507 e. The van der Waals surface area contributed by atoms with Gasteiger partial charge in [0.05, 0.1) is 0 Å². The Morgan fingerprint density at radius 1 is 1.09 bits per heavy atom. The number of aliphatic hydroxyl groups is 1. The highest BCUT2D eigenvalue weighted by Crippen LogP contribution is 2.44. The van der Waals surface area contributed by atoms with E-state index in [9.17, 15) is 9.90 Å². The molecule has 1 heterocycles. The Morgan fingerprint density at radius 3 is 2.45 bits per heavy atom. The van der Waals surface area contributed by atoms with E-state index in [0.717, 1.165) is 0 Å². The van der Waals surface area contributed by atoms with Crippen LogP contribution in [-0.4, -0.2) is 11.1 Å². The number of hydrogen-bond acceptors (Lipinski definition) is 3. The van der Waals surface area contributed by atoms with E-state index in [-0.39, 0.29) is 11.3 Å². The van der Waals surface area contributed by atoms with Gasteiger partial charge in [0.15, 0.2) is 11.4 Å². The first-order chi connectivity index (χ1) is 10.4. The number of aliphatic hydroxyl groups excluding tert-OH is 1. The molecule has 3 nitrogen and oxygen atoms in total. The smallest absolute Gasteiger partial charge is 0.343 e. The van der Waals surface area contributed by atoms with Crippen molar-refractivity contribution in [1.29, 1.82) is 0 Å². The second kappa shape index (κ2) is 5.34. The first-order valence-electron chi connectivity index (χ1n) is 6.61. The van der Waals surface area contributed by atoms with E-state index < -0.39 is 11.6 Å². The van der Waals surface area contributed by atoms with Gasteiger partial charge in [-0.3, -0.25) is 0 Å². The lowest BCUT2D eigenvalue weighted by Crippen LogP contribution is -2.25. The van der Waals surface area contributed by atoms with Crippen LogP contribution >= 0.6 is 23.2 Å². The van der Waals surface area contributed by atoms with Gasteiger partial charge in [0, 0.05) is 21.2 Å². The predicted octanol–water partition coefficient (Wildman–Crippen LogP) is 4.73. The molecule has 1 aliphatic rings. The van der Waals surface area contributed by atoms with Crippen LogP contribution in [0, 0.1) is 0 Å². The van der Waals surface area contributed by atoms with E-state index >= 15 is 0 Å². The molecule has 0 spiro atoms. The van der Waals surface area contributed by atoms with Crippen LogP contribution in [0.5, 0.6) is 0 Å². The normalized spacial score (nSPS) is 21.1. The molecule has 1 unspecified atom stereocenters. The third kappa shape index (κ3) is 2.27. The number of ether oxygens (including phenoxy) is 1. The summed E-state index contributed by atoms with van der Waals surface area (Å²) in [6.45, 7) is 1.64. The van der Waals surface area contributed by atoms with E-state index in [1.54, 1.807) is 31.2 Å². The van der Waals surface area contributed by atoms with E-state index in [1.165, 1.54) is 6.07 Å². The monoisotopic (exact) mass is 334 g/mol. The van der Waals surface area contributed by atoms with Gasteiger partial charge in [-0.05, 0) is 25.1 Å². The molecule has 0 bridgehead atoms. The molecule has 0 saturated heterocycles. The Hall–Kier alpha value is -1.97. The zero-order chi connectivity index (χ0) is 15.9. The molecule has 0 radical (unpaired) electrons. The summed E-state index contributed by atoms with van der Waals surface area (Å²) in [6, 6.07) is 13.8. The Balaban J connectivity index is 2.19. The van der Waals surface area contributed by atoms with Gasteiger partial charge in [-0.25, -0.2) is 4.79 Å². The van der Waals surface area contributed by atoms with Crippen LogP contribution in [0.15, 0.2) is 54.3 Å². The van der Waals surface area contributed by atoms with Gasteiger partial charge < -0.3 is 9.84 Å². The molecule has 112 valence electrons. The van der Waals surface area contributed by atoms with Crippen LogP contribution in [0.25, 0.3) is 5.57 Å². The summed E-state index contributed by atoms with van der Waals surface area (Å²) in [6.07, 6.45) is 0. The second-order valence-corrected chi connectivity index (χ2v) is 5.98. The van der Waals surface area contributed by atoms with Gasteiger partial charge >= 0.3 is 5.97 Å². The zero-order valence-electron chi connectivity index (χ0n) is 11.6. The highest BCUT2D eigenvalue weighted by Gasteiger charge is 2.46. The molecule has 0 aliphatic carbocycles. The number of rotatable bonds is 2. The Morgan fingerprint density at radius 2 is 1.77 bits per heavy atom. The molecule has 2 aromatic carbocycles. The SMILES string of the molecule is CC1(c2ccccc2)OC(=O)C(c2cc(Cl)ccc2Cl)=C1O. The molecule has 2 aromatic rings. The Labute approximate surface area is 137 Å². The zero-order valence-corrected chi connectivity index (χ0v) is 13.2. The summed E-state index contributed by atoms with van der Waals surface area (Å²) in [5, 5.41) is 11.4.